The van der Waals surface area contributed by atoms with Crippen LogP contribution in [0.3, 0.4) is 0 Å². The van der Waals surface area contributed by atoms with E-state index in [1.54, 1.807) is 0 Å². The van der Waals surface area contributed by atoms with Gasteiger partial charge in [-0.1, -0.05) is 201 Å². The highest BCUT2D eigenvalue weighted by Crippen LogP contribution is 2.13. The summed E-state index contributed by atoms with van der Waals surface area (Å²) >= 11 is 0. The molecule has 0 aliphatic rings. The van der Waals surface area contributed by atoms with Crippen LogP contribution in [0.2, 0.25) is 0 Å². The Hall–Kier alpha value is -3.67. The first-order valence-corrected chi connectivity index (χ1v) is 26.7. The molecule has 0 aliphatic heterocycles. The molecule has 1 atom stereocenters. The highest BCUT2D eigenvalue weighted by atomic mass is 16.6. The first kappa shape index (κ1) is 61.3. The molecule has 0 spiro atoms. The zero-order chi connectivity index (χ0) is 47.2. The molecule has 65 heavy (non-hydrogen) atoms. The Bertz CT molecular complexity index is 1310. The summed E-state index contributed by atoms with van der Waals surface area (Å²) in [5.41, 5.74) is 0. The van der Waals surface area contributed by atoms with Gasteiger partial charge in [-0.25, -0.2) is 0 Å². The fourth-order valence-electron chi connectivity index (χ4n) is 6.93. The molecule has 0 heterocycles. The number of hydrogen-bond donors (Lipinski definition) is 0. The Balaban J connectivity index is 4.49. The maximum atomic E-state index is 12.8. The van der Waals surface area contributed by atoms with E-state index in [0.717, 1.165) is 135 Å². The predicted molar refractivity (Wildman–Crippen MR) is 279 cm³/mol. The largest absolute Gasteiger partial charge is 0.462 e. The maximum absolute atomic E-state index is 12.8. The number of carbonyl (C=O) groups is 3. The van der Waals surface area contributed by atoms with E-state index >= 15 is 0 Å². The number of ether oxygens (including phenoxy) is 3. The summed E-state index contributed by atoms with van der Waals surface area (Å²) in [4.78, 5) is 38.0. The molecular weight excluding hydrogens is 805 g/mol. The van der Waals surface area contributed by atoms with Crippen molar-refractivity contribution in [1.82, 2.24) is 0 Å². The third-order valence-electron chi connectivity index (χ3n) is 11.0. The minimum absolute atomic E-state index is 0.102. The fourth-order valence-corrected chi connectivity index (χ4v) is 6.93. The van der Waals surface area contributed by atoms with Crippen molar-refractivity contribution in [1.29, 1.82) is 0 Å². The van der Waals surface area contributed by atoms with Crippen LogP contribution in [0.15, 0.2) is 97.2 Å². The predicted octanol–water partition coefficient (Wildman–Crippen LogP) is 17.8. The number of carbonyl (C=O) groups excluding carboxylic acids is 3. The first-order valence-electron chi connectivity index (χ1n) is 26.7. The molecular formula is C59H98O6. The zero-order valence-corrected chi connectivity index (χ0v) is 42.2. The third kappa shape index (κ3) is 51.2. The average molecular weight is 903 g/mol. The van der Waals surface area contributed by atoms with Gasteiger partial charge in [0.15, 0.2) is 6.10 Å². The molecule has 0 radical (unpaired) electrons. The SMILES string of the molecule is CCCC/C=C/C/C=C/CCCCCCCC(=O)OC[C@H](COC(=O)CCCCC/C=C/C/C=C/C/C=C/C/C=C/CCCCC)OC(=O)CCCCCCC/C=C/C/C=C/CCCC. The van der Waals surface area contributed by atoms with Crippen molar-refractivity contribution in [2.75, 3.05) is 13.2 Å². The van der Waals surface area contributed by atoms with Gasteiger partial charge < -0.3 is 14.2 Å². The molecule has 0 unspecified atom stereocenters. The standard InChI is InChI=1S/C59H98O6/c1-4-7-10-13-16-19-22-25-28-29-30-31-32-35-37-40-43-46-49-52-58(61)64-55-56(65-59(62)53-50-47-44-41-38-34-27-24-21-18-15-12-9-6-3)54-63-57(60)51-48-45-42-39-36-33-26-23-20-17-14-11-8-5-2/h14-19,23-28,30-31,35,37,56H,4-13,20-22,29,32-34,36,38-55H2,1-3H3/b17-14+,18-15+,19-16+,26-23+,27-24+,28-25+,31-30+,37-35+/t56-/m1/s1. The molecule has 0 aliphatic carbocycles. The molecule has 0 bridgehead atoms. The minimum Gasteiger partial charge on any atom is -0.462 e. The monoisotopic (exact) mass is 903 g/mol. The molecule has 0 aromatic rings. The molecule has 0 aromatic carbocycles. The number of unbranched alkanes of at least 4 members (excludes halogenated alkanes) is 20. The third-order valence-corrected chi connectivity index (χ3v) is 11.0. The van der Waals surface area contributed by atoms with Crippen molar-refractivity contribution in [3.63, 3.8) is 0 Å². The van der Waals surface area contributed by atoms with Gasteiger partial charge in [-0.15, -0.1) is 0 Å². The lowest BCUT2D eigenvalue weighted by atomic mass is 10.1. The normalized spacial score (nSPS) is 12.8. The molecule has 0 saturated heterocycles. The summed E-state index contributed by atoms with van der Waals surface area (Å²) < 4.78 is 16.8. The number of esters is 3. The van der Waals surface area contributed by atoms with E-state index in [4.69, 9.17) is 14.2 Å². The second-order valence-electron chi connectivity index (χ2n) is 17.4. The summed E-state index contributed by atoms with van der Waals surface area (Å²) in [6.07, 6.45) is 69.5. The van der Waals surface area contributed by atoms with E-state index < -0.39 is 6.10 Å². The van der Waals surface area contributed by atoms with E-state index in [0.29, 0.717) is 19.3 Å². The molecule has 0 saturated carbocycles. The summed E-state index contributed by atoms with van der Waals surface area (Å²) in [6, 6.07) is 0. The zero-order valence-electron chi connectivity index (χ0n) is 42.2. The highest BCUT2D eigenvalue weighted by Gasteiger charge is 2.19. The summed E-state index contributed by atoms with van der Waals surface area (Å²) in [7, 11) is 0. The van der Waals surface area contributed by atoms with Gasteiger partial charge in [-0.05, 0) is 116 Å². The Morgan fingerprint density at radius 1 is 0.308 bits per heavy atom. The molecule has 370 valence electrons. The van der Waals surface area contributed by atoms with E-state index in [1.807, 2.05) is 0 Å². The molecule has 0 aromatic heterocycles. The van der Waals surface area contributed by atoms with Gasteiger partial charge >= 0.3 is 17.9 Å². The van der Waals surface area contributed by atoms with Crippen LogP contribution in [-0.2, 0) is 28.6 Å². The van der Waals surface area contributed by atoms with Gasteiger partial charge in [0.25, 0.3) is 0 Å². The van der Waals surface area contributed by atoms with Gasteiger partial charge in [-0.2, -0.15) is 0 Å². The van der Waals surface area contributed by atoms with E-state index in [1.165, 1.54) is 64.2 Å². The van der Waals surface area contributed by atoms with Crippen LogP contribution < -0.4 is 0 Å². The van der Waals surface area contributed by atoms with Crippen LogP contribution in [0.25, 0.3) is 0 Å². The molecule has 6 heteroatoms. The molecule has 0 rings (SSSR count). The minimum atomic E-state index is -0.805. The van der Waals surface area contributed by atoms with Gasteiger partial charge in [-0.3, -0.25) is 14.4 Å². The smallest absolute Gasteiger partial charge is 0.306 e. The van der Waals surface area contributed by atoms with Crippen molar-refractivity contribution in [2.45, 2.75) is 245 Å². The van der Waals surface area contributed by atoms with Gasteiger partial charge in [0.1, 0.15) is 13.2 Å². The van der Waals surface area contributed by atoms with Gasteiger partial charge in [0, 0.05) is 19.3 Å². The van der Waals surface area contributed by atoms with Crippen LogP contribution in [0.4, 0.5) is 0 Å². The van der Waals surface area contributed by atoms with Crippen LogP contribution in [-0.4, -0.2) is 37.2 Å². The van der Waals surface area contributed by atoms with E-state index in [2.05, 4.69) is 118 Å². The van der Waals surface area contributed by atoms with Crippen molar-refractivity contribution in [3.8, 4) is 0 Å². The first-order chi connectivity index (χ1) is 32.0. The van der Waals surface area contributed by atoms with Crippen LogP contribution in [0, 0.1) is 0 Å². The fraction of sp³-hybridized carbons (Fsp3) is 0.678. The van der Waals surface area contributed by atoms with Crippen molar-refractivity contribution < 1.29 is 28.6 Å². The number of hydrogen-bond acceptors (Lipinski definition) is 6. The lowest BCUT2D eigenvalue weighted by molar-refractivity contribution is -0.167. The number of allylic oxidation sites excluding steroid dienone is 16. The van der Waals surface area contributed by atoms with Crippen LogP contribution in [0.5, 0.6) is 0 Å². The topological polar surface area (TPSA) is 78.9 Å². The van der Waals surface area contributed by atoms with Gasteiger partial charge in [0.05, 0.1) is 0 Å². The van der Waals surface area contributed by atoms with Crippen molar-refractivity contribution in [3.05, 3.63) is 97.2 Å². The lowest BCUT2D eigenvalue weighted by Crippen LogP contribution is -2.30. The Morgan fingerprint density at radius 3 is 0.923 bits per heavy atom. The summed E-state index contributed by atoms with van der Waals surface area (Å²) in [5, 5.41) is 0. The maximum Gasteiger partial charge on any atom is 0.306 e. The summed E-state index contributed by atoms with van der Waals surface area (Å²) in [5.74, 6) is -0.963. The number of rotatable bonds is 47. The molecule has 0 N–H and O–H groups in total. The van der Waals surface area contributed by atoms with E-state index in [9.17, 15) is 14.4 Å². The van der Waals surface area contributed by atoms with E-state index in [-0.39, 0.29) is 31.1 Å². The van der Waals surface area contributed by atoms with Crippen LogP contribution >= 0.6 is 0 Å². The molecule has 0 amide bonds. The molecule has 0 fully saturated rings. The second kappa shape index (κ2) is 52.9. The highest BCUT2D eigenvalue weighted by molar-refractivity contribution is 5.71. The van der Waals surface area contributed by atoms with Gasteiger partial charge in [0.2, 0.25) is 0 Å². The Morgan fingerprint density at radius 2 is 0.569 bits per heavy atom. The Labute approximate surface area is 400 Å². The second-order valence-corrected chi connectivity index (χ2v) is 17.4. The lowest BCUT2D eigenvalue weighted by Gasteiger charge is -2.18. The molecule has 6 nitrogen and oxygen atoms in total. The van der Waals surface area contributed by atoms with Crippen molar-refractivity contribution >= 4 is 17.9 Å². The summed E-state index contributed by atoms with van der Waals surface area (Å²) in [6.45, 7) is 6.47. The Kier molecular flexibility index (Phi) is 50.0. The van der Waals surface area contributed by atoms with Crippen molar-refractivity contribution in [2.24, 2.45) is 0 Å². The quantitative estimate of drug-likeness (QED) is 0.0262. The average Bonchev–Trinajstić information content (AvgIpc) is 3.30. The van der Waals surface area contributed by atoms with Crippen LogP contribution in [0.1, 0.15) is 239 Å².